The molecule has 1 aliphatic rings. The summed E-state index contributed by atoms with van der Waals surface area (Å²) < 4.78 is 19.3. The number of hydrogen-bond acceptors (Lipinski definition) is 8. The molecule has 1 unspecified atom stereocenters. The van der Waals surface area contributed by atoms with Gasteiger partial charge in [-0.15, -0.1) is 4.37 Å². The lowest BCUT2D eigenvalue weighted by Gasteiger charge is -2.32. The van der Waals surface area contributed by atoms with Crippen LogP contribution in [0.2, 0.25) is 0 Å². The Kier molecular flexibility index (Phi) is 5.75. The number of likely N-dealkylation sites (N-methyl/N-ethyl adjacent to an activating group) is 1. The zero-order chi connectivity index (χ0) is 15.2. The lowest BCUT2D eigenvalue weighted by Crippen LogP contribution is -2.44. The van der Waals surface area contributed by atoms with E-state index in [-0.39, 0.29) is 5.97 Å². The molecule has 7 nitrogen and oxygen atoms in total. The molecule has 0 N–H and O–H groups in total. The van der Waals surface area contributed by atoms with Gasteiger partial charge in [0, 0.05) is 26.2 Å². The molecule has 1 aliphatic heterocycles. The first kappa shape index (κ1) is 16.0. The summed E-state index contributed by atoms with van der Waals surface area (Å²) in [6.07, 6.45) is -0.0847. The van der Waals surface area contributed by atoms with Crippen LogP contribution in [-0.2, 0) is 9.53 Å². The lowest BCUT2D eigenvalue weighted by molar-refractivity contribution is -0.151. The molecular weight excluding hydrogens is 292 g/mol. The summed E-state index contributed by atoms with van der Waals surface area (Å²) in [5.74, 6) is 0.817. The number of carbonyl (C=O) groups excluding carboxylic acids is 1. The molecule has 1 aromatic rings. The van der Waals surface area contributed by atoms with E-state index in [2.05, 4.69) is 25.6 Å². The van der Waals surface area contributed by atoms with E-state index in [1.165, 1.54) is 0 Å². The number of piperazine rings is 1. The van der Waals surface area contributed by atoms with Gasteiger partial charge in [-0.1, -0.05) is 6.92 Å². The average molecular weight is 314 g/mol. The highest BCUT2D eigenvalue weighted by Crippen LogP contribution is 2.27. The number of rotatable bonds is 6. The molecule has 21 heavy (non-hydrogen) atoms. The topological polar surface area (TPSA) is 67.8 Å². The Bertz CT molecular complexity index is 460. The van der Waals surface area contributed by atoms with Gasteiger partial charge in [0.05, 0.1) is 18.3 Å². The molecule has 0 radical (unpaired) electrons. The number of ether oxygens (including phenoxy) is 2. The van der Waals surface area contributed by atoms with Crippen LogP contribution in [0.4, 0.5) is 5.82 Å². The van der Waals surface area contributed by atoms with Gasteiger partial charge in [0.2, 0.25) is 5.82 Å². The van der Waals surface area contributed by atoms with Crippen LogP contribution >= 0.6 is 11.7 Å². The Hall–Kier alpha value is -1.41. The van der Waals surface area contributed by atoms with Crippen LogP contribution in [0.1, 0.15) is 20.3 Å². The second-order valence-corrected chi connectivity index (χ2v) is 5.48. The molecular formula is C13H22N4O3S. The fourth-order valence-corrected chi connectivity index (χ4v) is 2.64. The Morgan fingerprint density at radius 1 is 1.29 bits per heavy atom. The molecule has 0 aromatic carbocycles. The predicted molar refractivity (Wildman–Crippen MR) is 81.0 cm³/mol. The molecule has 118 valence electrons. The normalized spacial score (nSPS) is 17.6. The van der Waals surface area contributed by atoms with Gasteiger partial charge in [-0.25, -0.2) is 4.79 Å². The van der Waals surface area contributed by atoms with E-state index in [0.29, 0.717) is 18.9 Å². The van der Waals surface area contributed by atoms with Gasteiger partial charge in [0.1, 0.15) is 0 Å². The number of nitrogens with zero attached hydrogens (tertiary/aromatic N) is 4. The zero-order valence-corrected chi connectivity index (χ0v) is 13.6. The molecule has 2 heterocycles. The van der Waals surface area contributed by atoms with Crippen LogP contribution in [0.25, 0.3) is 0 Å². The maximum atomic E-state index is 11.8. The van der Waals surface area contributed by atoms with Crippen molar-refractivity contribution >= 4 is 23.5 Å². The predicted octanol–water partition coefficient (Wildman–Crippen LogP) is 1.01. The summed E-state index contributed by atoms with van der Waals surface area (Å²) in [5, 5.41) is 0. The van der Waals surface area contributed by atoms with Crippen LogP contribution in [0, 0.1) is 0 Å². The number of hydrogen-bond donors (Lipinski definition) is 0. The van der Waals surface area contributed by atoms with Crippen molar-refractivity contribution in [2.75, 3.05) is 44.7 Å². The molecule has 2 rings (SSSR count). The molecule has 0 spiro atoms. The van der Waals surface area contributed by atoms with E-state index in [0.717, 1.165) is 43.7 Å². The van der Waals surface area contributed by atoms with Crippen LogP contribution in [0.3, 0.4) is 0 Å². The summed E-state index contributed by atoms with van der Waals surface area (Å²) in [5.41, 5.74) is 0. The summed E-state index contributed by atoms with van der Waals surface area (Å²) >= 11 is 1.11. The summed E-state index contributed by atoms with van der Waals surface area (Å²) in [7, 11) is 2.10. The second-order valence-electron chi connectivity index (χ2n) is 4.95. The van der Waals surface area contributed by atoms with Crippen LogP contribution in [0.5, 0.6) is 5.88 Å². The van der Waals surface area contributed by atoms with Crippen LogP contribution in [-0.4, -0.2) is 65.6 Å². The van der Waals surface area contributed by atoms with E-state index in [9.17, 15) is 4.79 Å². The lowest BCUT2D eigenvalue weighted by atomic mass is 10.3. The highest BCUT2D eigenvalue weighted by molar-refractivity contribution is 6.99. The van der Waals surface area contributed by atoms with Crippen molar-refractivity contribution < 1.29 is 14.3 Å². The van der Waals surface area contributed by atoms with Gasteiger partial charge < -0.3 is 19.3 Å². The highest BCUT2D eigenvalue weighted by Gasteiger charge is 2.26. The smallest absolute Gasteiger partial charge is 0.347 e. The van der Waals surface area contributed by atoms with E-state index < -0.39 is 6.10 Å². The molecule has 0 amide bonds. The third kappa shape index (κ3) is 4.04. The fraction of sp³-hybridized carbons (Fsp3) is 0.769. The summed E-state index contributed by atoms with van der Waals surface area (Å²) in [6, 6.07) is 0. The quantitative estimate of drug-likeness (QED) is 0.726. The van der Waals surface area contributed by atoms with Crippen molar-refractivity contribution in [1.82, 2.24) is 13.6 Å². The molecule has 0 aliphatic carbocycles. The largest absolute Gasteiger partial charge is 0.463 e. The zero-order valence-electron chi connectivity index (χ0n) is 12.7. The minimum Gasteiger partial charge on any atom is -0.463 e. The minimum absolute atomic E-state index is 0.347. The number of esters is 1. The first-order valence-corrected chi connectivity index (χ1v) is 7.98. The van der Waals surface area contributed by atoms with Crippen molar-refractivity contribution in [3.05, 3.63) is 0 Å². The van der Waals surface area contributed by atoms with E-state index in [4.69, 9.17) is 9.47 Å². The molecule has 0 saturated carbocycles. The van der Waals surface area contributed by atoms with Gasteiger partial charge in [-0.2, -0.15) is 4.37 Å². The van der Waals surface area contributed by atoms with Gasteiger partial charge in [0.25, 0.3) is 5.88 Å². The van der Waals surface area contributed by atoms with Gasteiger partial charge in [-0.3, -0.25) is 0 Å². The van der Waals surface area contributed by atoms with E-state index in [1.807, 2.05) is 6.92 Å². The molecule has 1 saturated heterocycles. The third-order valence-corrected chi connectivity index (χ3v) is 3.92. The van der Waals surface area contributed by atoms with Gasteiger partial charge in [-0.05, 0) is 20.4 Å². The summed E-state index contributed by atoms with van der Waals surface area (Å²) in [6.45, 7) is 7.74. The molecule has 0 bridgehead atoms. The van der Waals surface area contributed by atoms with Gasteiger partial charge >= 0.3 is 5.97 Å². The second kappa shape index (κ2) is 7.56. The summed E-state index contributed by atoms with van der Waals surface area (Å²) in [4.78, 5) is 16.2. The molecule has 1 fully saturated rings. The first-order chi connectivity index (χ1) is 10.2. The SMILES string of the molecule is CCOC(=O)C(CC)Oc1nsnc1N1CCN(C)CC1. The van der Waals surface area contributed by atoms with Crippen molar-refractivity contribution in [2.24, 2.45) is 0 Å². The number of aromatic nitrogens is 2. The van der Waals surface area contributed by atoms with E-state index >= 15 is 0 Å². The van der Waals surface area contributed by atoms with Crippen LogP contribution < -0.4 is 9.64 Å². The average Bonchev–Trinajstić information content (AvgIpc) is 2.94. The fourth-order valence-electron chi connectivity index (χ4n) is 2.13. The minimum atomic E-state index is -0.625. The van der Waals surface area contributed by atoms with Crippen molar-refractivity contribution in [2.45, 2.75) is 26.4 Å². The molecule has 1 atom stereocenters. The van der Waals surface area contributed by atoms with E-state index in [1.54, 1.807) is 6.92 Å². The highest BCUT2D eigenvalue weighted by atomic mass is 32.1. The Morgan fingerprint density at radius 2 is 2.00 bits per heavy atom. The van der Waals surface area contributed by atoms with Crippen molar-refractivity contribution in [1.29, 1.82) is 0 Å². The molecule has 8 heteroatoms. The Balaban J connectivity index is 2.04. The Labute approximate surface area is 129 Å². The first-order valence-electron chi connectivity index (χ1n) is 7.25. The third-order valence-electron chi connectivity index (χ3n) is 3.42. The maximum absolute atomic E-state index is 11.8. The standard InChI is InChI=1S/C13H22N4O3S/c1-4-10(13(18)19-5-2)20-12-11(14-21-15-12)17-8-6-16(3)7-9-17/h10H,4-9H2,1-3H3. The van der Waals surface area contributed by atoms with Crippen molar-refractivity contribution in [3.63, 3.8) is 0 Å². The monoisotopic (exact) mass is 314 g/mol. The Morgan fingerprint density at radius 3 is 2.62 bits per heavy atom. The number of carbonyl (C=O) groups is 1. The van der Waals surface area contributed by atoms with Crippen LogP contribution in [0.15, 0.2) is 0 Å². The maximum Gasteiger partial charge on any atom is 0.347 e. The number of anilines is 1. The van der Waals surface area contributed by atoms with Crippen molar-refractivity contribution in [3.8, 4) is 5.88 Å². The van der Waals surface area contributed by atoms with Gasteiger partial charge in [0.15, 0.2) is 6.10 Å². The molecule has 1 aromatic heterocycles.